The second-order valence-electron chi connectivity index (χ2n) is 3.06. The summed E-state index contributed by atoms with van der Waals surface area (Å²) in [4.78, 5) is 0. The Balaban J connectivity index is 2.57. The predicted octanol–water partition coefficient (Wildman–Crippen LogP) is 2.32. The topological polar surface area (TPSA) is 9.23 Å². The molecule has 0 saturated carbocycles. The zero-order valence-corrected chi connectivity index (χ0v) is 7.06. The number of hydrogen-bond acceptors (Lipinski definition) is 1. The molecule has 0 N–H and O–H groups in total. The standard InChI is InChI=1S/C10H11FO/c1-12-10-6-5-9(11)7-3-2-4-8(7)10/h5-6H,2-4H2,1H3. The molecule has 0 fully saturated rings. The molecule has 0 aliphatic heterocycles. The third-order valence-electron chi connectivity index (χ3n) is 2.40. The zero-order valence-electron chi connectivity index (χ0n) is 7.06. The molecule has 0 radical (unpaired) electrons. The van der Waals surface area contributed by atoms with E-state index in [-0.39, 0.29) is 5.82 Å². The van der Waals surface area contributed by atoms with Gasteiger partial charge in [-0.25, -0.2) is 4.39 Å². The Bertz CT molecular complexity index is 307. The molecule has 0 unspecified atom stereocenters. The maximum Gasteiger partial charge on any atom is 0.126 e. The van der Waals surface area contributed by atoms with E-state index in [0.717, 1.165) is 36.1 Å². The van der Waals surface area contributed by atoms with Crippen LogP contribution in [0.2, 0.25) is 0 Å². The van der Waals surface area contributed by atoms with Crippen molar-refractivity contribution in [2.45, 2.75) is 19.3 Å². The van der Waals surface area contributed by atoms with Crippen LogP contribution in [-0.2, 0) is 12.8 Å². The van der Waals surface area contributed by atoms with E-state index in [1.54, 1.807) is 13.2 Å². The number of fused-ring (bicyclic) bond motifs is 1. The first-order chi connectivity index (χ1) is 5.83. The van der Waals surface area contributed by atoms with Crippen LogP contribution in [0.3, 0.4) is 0 Å². The highest BCUT2D eigenvalue weighted by Gasteiger charge is 2.18. The van der Waals surface area contributed by atoms with Gasteiger partial charge >= 0.3 is 0 Å². The van der Waals surface area contributed by atoms with Crippen molar-refractivity contribution in [2.24, 2.45) is 0 Å². The van der Waals surface area contributed by atoms with Crippen molar-refractivity contribution >= 4 is 0 Å². The number of hydrogen-bond donors (Lipinski definition) is 0. The fraction of sp³-hybridized carbons (Fsp3) is 0.400. The van der Waals surface area contributed by atoms with Crippen LogP contribution in [0.1, 0.15) is 17.5 Å². The monoisotopic (exact) mass is 166 g/mol. The minimum Gasteiger partial charge on any atom is -0.496 e. The second-order valence-corrected chi connectivity index (χ2v) is 3.06. The van der Waals surface area contributed by atoms with Gasteiger partial charge in [0, 0.05) is 5.56 Å². The van der Waals surface area contributed by atoms with Gasteiger partial charge in [-0.15, -0.1) is 0 Å². The Morgan fingerprint density at radius 3 is 2.75 bits per heavy atom. The average Bonchev–Trinajstić information content (AvgIpc) is 2.54. The first kappa shape index (κ1) is 7.59. The van der Waals surface area contributed by atoms with Gasteiger partial charge in [-0.05, 0) is 37.0 Å². The van der Waals surface area contributed by atoms with Gasteiger partial charge in [0.1, 0.15) is 11.6 Å². The molecule has 1 nitrogen and oxygen atoms in total. The molecule has 1 aromatic carbocycles. The minimum absolute atomic E-state index is 0.0803. The van der Waals surface area contributed by atoms with E-state index in [1.165, 1.54) is 6.07 Å². The number of rotatable bonds is 1. The molecular weight excluding hydrogens is 155 g/mol. The van der Waals surface area contributed by atoms with E-state index in [9.17, 15) is 4.39 Å². The van der Waals surface area contributed by atoms with Crippen LogP contribution in [0.4, 0.5) is 4.39 Å². The molecule has 2 heteroatoms. The van der Waals surface area contributed by atoms with Gasteiger partial charge in [0.25, 0.3) is 0 Å². The number of benzene rings is 1. The molecule has 64 valence electrons. The van der Waals surface area contributed by atoms with Gasteiger partial charge in [0.05, 0.1) is 7.11 Å². The lowest BCUT2D eigenvalue weighted by Gasteiger charge is -2.06. The molecule has 0 heterocycles. The van der Waals surface area contributed by atoms with Crippen LogP contribution in [0.25, 0.3) is 0 Å². The maximum atomic E-state index is 13.2. The van der Waals surface area contributed by atoms with E-state index in [4.69, 9.17) is 4.74 Å². The fourth-order valence-electron chi connectivity index (χ4n) is 1.82. The smallest absolute Gasteiger partial charge is 0.126 e. The summed E-state index contributed by atoms with van der Waals surface area (Å²) in [5, 5.41) is 0. The Kier molecular flexibility index (Phi) is 1.75. The Morgan fingerprint density at radius 2 is 2.00 bits per heavy atom. The zero-order chi connectivity index (χ0) is 8.55. The summed E-state index contributed by atoms with van der Waals surface area (Å²) in [5.74, 6) is 0.757. The van der Waals surface area contributed by atoms with E-state index < -0.39 is 0 Å². The molecule has 1 aromatic rings. The SMILES string of the molecule is COc1ccc(F)c2c1CCC2. The Hall–Kier alpha value is -1.05. The average molecular weight is 166 g/mol. The fourth-order valence-corrected chi connectivity index (χ4v) is 1.82. The molecule has 12 heavy (non-hydrogen) atoms. The summed E-state index contributed by atoms with van der Waals surface area (Å²) in [7, 11) is 1.63. The molecule has 0 saturated heterocycles. The van der Waals surface area contributed by atoms with E-state index >= 15 is 0 Å². The summed E-state index contributed by atoms with van der Waals surface area (Å²) in [6.45, 7) is 0. The highest BCUT2D eigenvalue weighted by atomic mass is 19.1. The molecule has 0 amide bonds. The normalized spacial score (nSPS) is 14.5. The van der Waals surface area contributed by atoms with E-state index in [1.807, 2.05) is 0 Å². The summed E-state index contributed by atoms with van der Waals surface area (Å²) in [6.07, 6.45) is 2.86. The highest BCUT2D eigenvalue weighted by molar-refractivity contribution is 5.43. The molecule has 0 aromatic heterocycles. The molecule has 0 spiro atoms. The quantitative estimate of drug-likeness (QED) is 0.622. The minimum atomic E-state index is -0.0803. The van der Waals surface area contributed by atoms with E-state index in [0.29, 0.717) is 0 Å². The molecular formula is C10H11FO. The first-order valence-electron chi connectivity index (χ1n) is 4.17. The van der Waals surface area contributed by atoms with Gasteiger partial charge in [0.15, 0.2) is 0 Å². The van der Waals surface area contributed by atoms with Gasteiger partial charge in [-0.3, -0.25) is 0 Å². The lowest BCUT2D eigenvalue weighted by Crippen LogP contribution is -1.93. The molecule has 1 aliphatic rings. The van der Waals surface area contributed by atoms with Gasteiger partial charge in [0.2, 0.25) is 0 Å². The van der Waals surface area contributed by atoms with Crippen molar-refractivity contribution in [1.82, 2.24) is 0 Å². The van der Waals surface area contributed by atoms with E-state index in [2.05, 4.69) is 0 Å². The van der Waals surface area contributed by atoms with Gasteiger partial charge < -0.3 is 4.74 Å². The Labute approximate surface area is 71.2 Å². The van der Waals surface area contributed by atoms with Crippen molar-refractivity contribution in [3.8, 4) is 5.75 Å². The maximum absolute atomic E-state index is 13.2. The lowest BCUT2D eigenvalue weighted by molar-refractivity contribution is 0.409. The number of methoxy groups -OCH3 is 1. The predicted molar refractivity (Wildman–Crippen MR) is 45.0 cm³/mol. The lowest BCUT2D eigenvalue weighted by atomic mass is 10.1. The second kappa shape index (κ2) is 2.77. The number of ether oxygens (including phenoxy) is 1. The van der Waals surface area contributed by atoms with Crippen LogP contribution in [0, 0.1) is 5.82 Å². The third-order valence-corrected chi connectivity index (χ3v) is 2.40. The van der Waals surface area contributed by atoms with Crippen LogP contribution in [-0.4, -0.2) is 7.11 Å². The van der Waals surface area contributed by atoms with Crippen molar-refractivity contribution in [1.29, 1.82) is 0 Å². The summed E-state index contributed by atoms with van der Waals surface area (Å²) < 4.78 is 18.3. The van der Waals surface area contributed by atoms with Gasteiger partial charge in [-0.1, -0.05) is 0 Å². The van der Waals surface area contributed by atoms with Gasteiger partial charge in [-0.2, -0.15) is 0 Å². The molecule has 0 bridgehead atoms. The van der Waals surface area contributed by atoms with Crippen molar-refractivity contribution in [3.63, 3.8) is 0 Å². The van der Waals surface area contributed by atoms with Crippen LogP contribution < -0.4 is 4.74 Å². The van der Waals surface area contributed by atoms with Crippen molar-refractivity contribution in [2.75, 3.05) is 7.11 Å². The van der Waals surface area contributed by atoms with Crippen molar-refractivity contribution < 1.29 is 9.13 Å². The van der Waals surface area contributed by atoms with Crippen LogP contribution in [0.15, 0.2) is 12.1 Å². The van der Waals surface area contributed by atoms with Crippen molar-refractivity contribution in [3.05, 3.63) is 29.1 Å². The molecule has 2 rings (SSSR count). The molecule has 0 atom stereocenters. The molecule has 1 aliphatic carbocycles. The summed E-state index contributed by atoms with van der Waals surface area (Å²) in [6, 6.07) is 3.20. The largest absolute Gasteiger partial charge is 0.496 e. The highest BCUT2D eigenvalue weighted by Crippen LogP contribution is 2.32. The third kappa shape index (κ3) is 0.986. The Morgan fingerprint density at radius 1 is 1.25 bits per heavy atom. The summed E-state index contributed by atoms with van der Waals surface area (Å²) >= 11 is 0. The van der Waals surface area contributed by atoms with Crippen LogP contribution >= 0.6 is 0 Å². The first-order valence-corrected chi connectivity index (χ1v) is 4.17. The number of halogens is 1. The summed E-state index contributed by atoms with van der Waals surface area (Å²) in [5.41, 5.74) is 1.92. The van der Waals surface area contributed by atoms with Crippen LogP contribution in [0.5, 0.6) is 5.75 Å².